The number of amides is 2. The van der Waals surface area contributed by atoms with Crippen LogP contribution in [0.1, 0.15) is 34.7 Å². The van der Waals surface area contributed by atoms with E-state index in [0.29, 0.717) is 61.2 Å². The van der Waals surface area contributed by atoms with Gasteiger partial charge in [0.1, 0.15) is 18.0 Å². The van der Waals surface area contributed by atoms with Gasteiger partial charge in [-0.3, -0.25) is 9.59 Å². The monoisotopic (exact) mass is 496 g/mol. The summed E-state index contributed by atoms with van der Waals surface area (Å²) in [4.78, 5) is 27.5. The molecule has 10 heteroatoms. The Balaban J connectivity index is 1.17. The summed E-state index contributed by atoms with van der Waals surface area (Å²) in [5, 5.41) is 12.9. The molecule has 2 aromatic carbocycles. The Hall–Kier alpha value is -3.34. The van der Waals surface area contributed by atoms with Crippen LogP contribution in [-0.2, 0) is 14.3 Å². The Labute approximate surface area is 208 Å². The standard InChI is InChI=1S/C26H28N2O8/c29-13-23-25-19(11-17(35-23)12-24(30)28-5-7-32-8-6-28)18-10-16(2-4-20(18)36-25)27-26(31)15-1-3-21-22(9-15)34-14-33-21/h1-4,9-10,17,19,23,25,29H,5-8,11-14H2,(H,27,31)/t17-,19+,23-,25-/m1/s1. The summed E-state index contributed by atoms with van der Waals surface area (Å²) in [6, 6.07) is 10.6. The van der Waals surface area contributed by atoms with Crippen molar-refractivity contribution in [3.8, 4) is 17.2 Å². The van der Waals surface area contributed by atoms with Crippen LogP contribution in [0.4, 0.5) is 5.69 Å². The van der Waals surface area contributed by atoms with Crippen LogP contribution in [0.2, 0.25) is 0 Å². The molecule has 6 rings (SSSR count). The van der Waals surface area contributed by atoms with Gasteiger partial charge < -0.3 is 39.0 Å². The van der Waals surface area contributed by atoms with Crippen LogP contribution in [0.3, 0.4) is 0 Å². The zero-order valence-corrected chi connectivity index (χ0v) is 19.7. The number of fused-ring (bicyclic) bond motifs is 4. The molecule has 0 unspecified atom stereocenters. The summed E-state index contributed by atoms with van der Waals surface area (Å²) in [5.41, 5.74) is 2.03. The van der Waals surface area contributed by atoms with E-state index in [9.17, 15) is 14.7 Å². The van der Waals surface area contributed by atoms with E-state index >= 15 is 0 Å². The average Bonchev–Trinajstić information content (AvgIpc) is 3.52. The first kappa shape index (κ1) is 23.1. The first-order valence-corrected chi connectivity index (χ1v) is 12.2. The quantitative estimate of drug-likeness (QED) is 0.645. The van der Waals surface area contributed by atoms with Crippen molar-refractivity contribution in [3.05, 3.63) is 47.5 Å². The smallest absolute Gasteiger partial charge is 0.255 e. The highest BCUT2D eigenvalue weighted by Gasteiger charge is 2.46. The van der Waals surface area contributed by atoms with Crippen molar-refractivity contribution in [2.24, 2.45) is 0 Å². The topological polar surface area (TPSA) is 116 Å². The van der Waals surface area contributed by atoms with E-state index in [1.54, 1.807) is 29.2 Å². The van der Waals surface area contributed by atoms with E-state index in [1.165, 1.54) is 0 Å². The number of carbonyl (C=O) groups excluding carboxylic acids is 2. The number of nitrogens with zero attached hydrogens (tertiary/aromatic N) is 1. The Kier molecular flexibility index (Phi) is 6.16. The first-order chi connectivity index (χ1) is 17.6. The van der Waals surface area contributed by atoms with Gasteiger partial charge in [-0.2, -0.15) is 0 Å². The molecule has 36 heavy (non-hydrogen) atoms. The van der Waals surface area contributed by atoms with Gasteiger partial charge in [0.2, 0.25) is 12.7 Å². The third-order valence-corrected chi connectivity index (χ3v) is 7.16. The molecule has 2 saturated heterocycles. The predicted molar refractivity (Wildman–Crippen MR) is 126 cm³/mol. The molecule has 190 valence electrons. The molecule has 2 amide bonds. The zero-order chi connectivity index (χ0) is 24.6. The van der Waals surface area contributed by atoms with Crippen LogP contribution in [0.5, 0.6) is 17.2 Å². The lowest BCUT2D eigenvalue weighted by atomic mass is 9.84. The number of anilines is 1. The summed E-state index contributed by atoms with van der Waals surface area (Å²) < 4.78 is 28.2. The van der Waals surface area contributed by atoms with Crippen LogP contribution in [0.15, 0.2) is 36.4 Å². The molecule has 2 fully saturated rings. The molecule has 0 aromatic heterocycles. The molecule has 10 nitrogen and oxygen atoms in total. The van der Waals surface area contributed by atoms with Crippen LogP contribution in [0.25, 0.3) is 0 Å². The van der Waals surface area contributed by atoms with Gasteiger partial charge in [-0.15, -0.1) is 0 Å². The highest BCUT2D eigenvalue weighted by atomic mass is 16.7. The Morgan fingerprint density at radius 1 is 1.03 bits per heavy atom. The third kappa shape index (κ3) is 4.36. The fourth-order valence-corrected chi connectivity index (χ4v) is 5.34. The van der Waals surface area contributed by atoms with E-state index in [2.05, 4.69) is 5.32 Å². The van der Waals surface area contributed by atoms with Crippen LogP contribution in [0, 0.1) is 0 Å². The Bertz CT molecular complexity index is 1160. The number of nitrogens with one attached hydrogen (secondary N) is 1. The third-order valence-electron chi connectivity index (χ3n) is 7.16. The van der Waals surface area contributed by atoms with E-state index in [4.69, 9.17) is 23.7 Å². The average molecular weight is 497 g/mol. The maximum Gasteiger partial charge on any atom is 0.255 e. The molecular weight excluding hydrogens is 468 g/mol. The second-order valence-corrected chi connectivity index (χ2v) is 9.38. The molecule has 0 radical (unpaired) electrons. The van der Waals surface area contributed by atoms with Crippen molar-refractivity contribution in [3.63, 3.8) is 0 Å². The van der Waals surface area contributed by atoms with Gasteiger partial charge in [0, 0.05) is 35.8 Å². The Morgan fingerprint density at radius 3 is 2.67 bits per heavy atom. The van der Waals surface area contributed by atoms with Gasteiger partial charge >= 0.3 is 0 Å². The van der Waals surface area contributed by atoms with Gasteiger partial charge in [0.15, 0.2) is 11.5 Å². The van der Waals surface area contributed by atoms with Gasteiger partial charge in [0.25, 0.3) is 5.91 Å². The van der Waals surface area contributed by atoms with Gasteiger partial charge in [-0.05, 0) is 42.8 Å². The molecule has 0 saturated carbocycles. The van der Waals surface area contributed by atoms with E-state index in [1.807, 2.05) is 12.1 Å². The minimum absolute atomic E-state index is 0.0299. The molecule has 0 aliphatic carbocycles. The largest absolute Gasteiger partial charge is 0.487 e. The summed E-state index contributed by atoms with van der Waals surface area (Å²) in [5.74, 6) is 1.57. The van der Waals surface area contributed by atoms with Crippen molar-refractivity contribution in [2.45, 2.75) is 37.1 Å². The number of morpholine rings is 1. The summed E-state index contributed by atoms with van der Waals surface area (Å²) in [6.45, 7) is 2.20. The number of carbonyl (C=O) groups is 2. The summed E-state index contributed by atoms with van der Waals surface area (Å²) in [6.07, 6.45) is -0.385. The van der Waals surface area contributed by atoms with Crippen molar-refractivity contribution in [1.82, 2.24) is 4.90 Å². The SMILES string of the molecule is O=C(Nc1ccc2c(c1)[C@@H]1C[C@H](CC(=O)N3CCOCC3)O[C@H](CO)[C@@H]1O2)c1ccc2c(c1)OCO2. The van der Waals surface area contributed by atoms with E-state index < -0.39 is 6.10 Å². The number of benzene rings is 2. The van der Waals surface area contributed by atoms with E-state index in [0.717, 1.165) is 5.56 Å². The van der Waals surface area contributed by atoms with Gasteiger partial charge in [-0.1, -0.05) is 0 Å². The second kappa shape index (κ2) is 9.61. The number of aliphatic hydroxyl groups is 1. The maximum atomic E-state index is 12.9. The zero-order valence-electron chi connectivity index (χ0n) is 19.7. The highest BCUT2D eigenvalue weighted by Crippen LogP contribution is 2.47. The minimum Gasteiger partial charge on any atom is -0.487 e. The first-order valence-electron chi connectivity index (χ1n) is 12.2. The predicted octanol–water partition coefficient (Wildman–Crippen LogP) is 1.91. The number of aliphatic hydroxyl groups excluding tert-OH is 1. The van der Waals surface area contributed by atoms with Crippen molar-refractivity contribution in [2.75, 3.05) is 45.0 Å². The molecule has 4 aliphatic heterocycles. The fraction of sp³-hybridized carbons (Fsp3) is 0.462. The molecule has 4 atom stereocenters. The van der Waals surface area contributed by atoms with Gasteiger partial charge in [0.05, 0.1) is 32.3 Å². The van der Waals surface area contributed by atoms with Crippen LogP contribution >= 0.6 is 0 Å². The van der Waals surface area contributed by atoms with Gasteiger partial charge in [-0.25, -0.2) is 0 Å². The van der Waals surface area contributed by atoms with Crippen molar-refractivity contribution >= 4 is 17.5 Å². The second-order valence-electron chi connectivity index (χ2n) is 9.38. The summed E-state index contributed by atoms with van der Waals surface area (Å²) in [7, 11) is 0. The lowest BCUT2D eigenvalue weighted by Gasteiger charge is -2.38. The highest BCUT2D eigenvalue weighted by molar-refractivity contribution is 6.04. The van der Waals surface area contributed by atoms with Crippen LogP contribution in [-0.4, -0.2) is 79.8 Å². The van der Waals surface area contributed by atoms with Crippen molar-refractivity contribution in [1.29, 1.82) is 0 Å². The lowest BCUT2D eigenvalue weighted by molar-refractivity contribution is -0.151. The molecule has 4 heterocycles. The number of hydrogen-bond donors (Lipinski definition) is 2. The number of ether oxygens (including phenoxy) is 5. The molecule has 0 spiro atoms. The number of hydrogen-bond acceptors (Lipinski definition) is 8. The molecule has 2 N–H and O–H groups in total. The lowest BCUT2D eigenvalue weighted by Crippen LogP contribution is -2.48. The molecule has 4 aliphatic rings. The number of rotatable bonds is 5. The van der Waals surface area contributed by atoms with Crippen molar-refractivity contribution < 1.29 is 38.4 Å². The molecule has 0 bridgehead atoms. The fourth-order valence-electron chi connectivity index (χ4n) is 5.34. The normalized spacial score (nSPS) is 26.1. The van der Waals surface area contributed by atoms with Crippen LogP contribution < -0.4 is 19.5 Å². The minimum atomic E-state index is -0.537. The van der Waals surface area contributed by atoms with E-state index in [-0.39, 0.29) is 49.8 Å². The molecule has 2 aromatic rings. The maximum absolute atomic E-state index is 12.9. The molecular formula is C26H28N2O8. The Morgan fingerprint density at radius 2 is 1.83 bits per heavy atom. The summed E-state index contributed by atoms with van der Waals surface area (Å²) >= 11 is 0.